The summed E-state index contributed by atoms with van der Waals surface area (Å²) in [5, 5.41) is 4.72. The van der Waals surface area contributed by atoms with Gasteiger partial charge in [0.15, 0.2) is 5.65 Å². The zero-order valence-electron chi connectivity index (χ0n) is 14.0. The van der Waals surface area contributed by atoms with Crippen molar-refractivity contribution < 1.29 is 17.9 Å². The van der Waals surface area contributed by atoms with Crippen molar-refractivity contribution >= 4 is 16.9 Å². The molecule has 0 aromatic carbocycles. The summed E-state index contributed by atoms with van der Waals surface area (Å²) in [7, 11) is 0. The molecule has 0 bridgehead atoms. The summed E-state index contributed by atoms with van der Waals surface area (Å²) in [6.45, 7) is 0. The van der Waals surface area contributed by atoms with E-state index in [4.69, 9.17) is 16.2 Å². The van der Waals surface area contributed by atoms with Crippen LogP contribution in [0.1, 0.15) is 30.9 Å². The summed E-state index contributed by atoms with van der Waals surface area (Å²) < 4.78 is 45.9. The number of rotatable bonds is 3. The smallest absolute Gasteiger partial charge is 0.416 e. The topological polar surface area (TPSA) is 118 Å². The first kappa shape index (κ1) is 17.5. The van der Waals surface area contributed by atoms with Crippen LogP contribution >= 0.6 is 0 Å². The predicted octanol–water partition coefficient (Wildman–Crippen LogP) is 2.67. The number of ether oxygens (including phenoxy) is 1. The maximum Gasteiger partial charge on any atom is 0.416 e. The summed E-state index contributed by atoms with van der Waals surface area (Å²) in [4.78, 5) is 12.0. The number of alkyl halides is 3. The van der Waals surface area contributed by atoms with Crippen LogP contribution in [0.15, 0.2) is 24.7 Å². The zero-order valence-corrected chi connectivity index (χ0v) is 14.0. The predicted molar refractivity (Wildman–Crippen MR) is 89.9 cm³/mol. The number of aromatic nitrogens is 5. The van der Waals surface area contributed by atoms with Crippen molar-refractivity contribution in [3.8, 4) is 11.8 Å². The number of nitrogens with zero attached hydrogens (tertiary/aromatic N) is 5. The molecule has 2 atom stereocenters. The van der Waals surface area contributed by atoms with Gasteiger partial charge >= 0.3 is 6.18 Å². The Labute approximate surface area is 151 Å². The molecule has 11 heteroatoms. The van der Waals surface area contributed by atoms with Gasteiger partial charge in [-0.2, -0.15) is 13.2 Å². The molecule has 1 aliphatic carbocycles. The van der Waals surface area contributed by atoms with Crippen molar-refractivity contribution in [2.45, 2.75) is 37.5 Å². The molecule has 4 rings (SSSR count). The molecule has 1 fully saturated rings. The van der Waals surface area contributed by atoms with Crippen LogP contribution in [-0.2, 0) is 6.18 Å². The third-order valence-electron chi connectivity index (χ3n) is 4.54. The highest BCUT2D eigenvalue weighted by molar-refractivity contribution is 5.90. The molecule has 0 spiro atoms. The van der Waals surface area contributed by atoms with E-state index in [0.29, 0.717) is 17.5 Å². The van der Waals surface area contributed by atoms with E-state index in [1.807, 2.05) is 0 Å². The molecule has 4 N–H and O–H groups in total. The van der Waals surface area contributed by atoms with E-state index in [9.17, 15) is 13.2 Å². The Bertz CT molecular complexity index is 988. The zero-order chi connectivity index (χ0) is 19.2. The van der Waals surface area contributed by atoms with E-state index in [0.717, 1.165) is 31.2 Å². The van der Waals surface area contributed by atoms with Crippen LogP contribution in [0.5, 0.6) is 11.8 Å². The normalized spacial score (nSPS) is 20.3. The van der Waals surface area contributed by atoms with Crippen LogP contribution < -0.4 is 16.2 Å². The number of pyridine rings is 1. The van der Waals surface area contributed by atoms with Crippen molar-refractivity contribution in [3.63, 3.8) is 0 Å². The van der Waals surface area contributed by atoms with E-state index < -0.39 is 11.7 Å². The Morgan fingerprint density at radius 2 is 2.00 bits per heavy atom. The van der Waals surface area contributed by atoms with Gasteiger partial charge in [-0.25, -0.2) is 19.6 Å². The number of hydrogen-bond donors (Lipinski definition) is 2. The first-order valence-corrected chi connectivity index (χ1v) is 8.28. The molecule has 0 amide bonds. The van der Waals surface area contributed by atoms with Crippen LogP contribution in [0.3, 0.4) is 0 Å². The van der Waals surface area contributed by atoms with E-state index >= 15 is 0 Å². The van der Waals surface area contributed by atoms with Gasteiger partial charge in [-0.15, -0.1) is 5.10 Å². The standard InChI is InChI=1S/C16H16F3N7O/c17-16(18,19)8-3-4-22-11(5-8)27-15-12-13(21)23-7-24-14(12)26(25-15)10-2-1-9(20)6-10/h3-5,7,9-10H,1-2,6,20H2,(H2,21,23,24)/t9-,10+/m0/s1. The van der Waals surface area contributed by atoms with Gasteiger partial charge < -0.3 is 16.2 Å². The number of anilines is 1. The molecular weight excluding hydrogens is 363 g/mol. The quantitative estimate of drug-likeness (QED) is 0.718. The SMILES string of the molecule is Nc1ncnc2c1c(Oc1cc(C(F)(F)F)ccn1)nn2[C@@H]1CC[C@H](N)C1. The molecule has 0 unspecified atom stereocenters. The first-order chi connectivity index (χ1) is 12.8. The van der Waals surface area contributed by atoms with Gasteiger partial charge in [0.05, 0.1) is 11.6 Å². The minimum atomic E-state index is -4.51. The lowest BCUT2D eigenvalue weighted by Gasteiger charge is -2.10. The molecule has 1 aliphatic rings. The summed E-state index contributed by atoms with van der Waals surface area (Å²) in [6.07, 6.45) is 0.178. The highest BCUT2D eigenvalue weighted by atomic mass is 19.4. The van der Waals surface area contributed by atoms with Crippen LogP contribution in [0.25, 0.3) is 11.0 Å². The van der Waals surface area contributed by atoms with Crippen LogP contribution in [0.4, 0.5) is 19.0 Å². The summed E-state index contributed by atoms with van der Waals surface area (Å²) in [5.74, 6) is -0.117. The summed E-state index contributed by atoms with van der Waals surface area (Å²) >= 11 is 0. The van der Waals surface area contributed by atoms with E-state index in [-0.39, 0.29) is 29.7 Å². The number of nitrogen functional groups attached to an aromatic ring is 1. The van der Waals surface area contributed by atoms with Gasteiger partial charge in [0.25, 0.3) is 5.88 Å². The molecule has 0 aliphatic heterocycles. The summed E-state index contributed by atoms with van der Waals surface area (Å²) in [5.41, 5.74) is 11.5. The highest BCUT2D eigenvalue weighted by Crippen LogP contribution is 2.37. The van der Waals surface area contributed by atoms with Gasteiger partial charge in [0.1, 0.15) is 17.5 Å². The molecule has 0 saturated heterocycles. The summed E-state index contributed by atoms with van der Waals surface area (Å²) in [6, 6.07) is 1.73. The molecule has 3 heterocycles. The molecule has 0 radical (unpaired) electrons. The van der Waals surface area contributed by atoms with Crippen molar-refractivity contribution in [1.82, 2.24) is 24.7 Å². The lowest BCUT2D eigenvalue weighted by molar-refractivity contribution is -0.137. The van der Waals surface area contributed by atoms with Crippen molar-refractivity contribution in [3.05, 3.63) is 30.2 Å². The van der Waals surface area contributed by atoms with Crippen molar-refractivity contribution in [2.75, 3.05) is 5.73 Å². The second-order valence-corrected chi connectivity index (χ2v) is 6.42. The fourth-order valence-corrected chi connectivity index (χ4v) is 3.24. The second kappa shape index (κ2) is 6.34. The van der Waals surface area contributed by atoms with Gasteiger partial charge in [0, 0.05) is 18.3 Å². The van der Waals surface area contributed by atoms with Gasteiger partial charge in [0.2, 0.25) is 5.88 Å². The minimum absolute atomic E-state index is 0.00335. The van der Waals surface area contributed by atoms with Gasteiger partial charge in [-0.3, -0.25) is 0 Å². The van der Waals surface area contributed by atoms with Crippen molar-refractivity contribution in [2.24, 2.45) is 5.73 Å². The Balaban J connectivity index is 1.76. The number of hydrogen-bond acceptors (Lipinski definition) is 7. The van der Waals surface area contributed by atoms with Crippen LogP contribution in [0, 0.1) is 0 Å². The lowest BCUT2D eigenvalue weighted by atomic mass is 10.2. The fraction of sp³-hybridized carbons (Fsp3) is 0.375. The maximum absolute atomic E-state index is 12.9. The fourth-order valence-electron chi connectivity index (χ4n) is 3.24. The highest BCUT2D eigenvalue weighted by Gasteiger charge is 2.32. The molecule has 8 nitrogen and oxygen atoms in total. The average molecular weight is 379 g/mol. The largest absolute Gasteiger partial charge is 0.418 e. The van der Waals surface area contributed by atoms with E-state index in [1.165, 1.54) is 6.33 Å². The van der Waals surface area contributed by atoms with E-state index in [1.54, 1.807) is 4.68 Å². The van der Waals surface area contributed by atoms with Crippen molar-refractivity contribution in [1.29, 1.82) is 0 Å². The van der Waals surface area contributed by atoms with Crippen LogP contribution in [-0.4, -0.2) is 30.8 Å². The Kier molecular flexibility index (Phi) is 4.10. The second-order valence-electron chi connectivity index (χ2n) is 6.42. The average Bonchev–Trinajstić information content (AvgIpc) is 3.19. The monoisotopic (exact) mass is 379 g/mol. The maximum atomic E-state index is 12.9. The number of nitrogens with two attached hydrogens (primary N) is 2. The third kappa shape index (κ3) is 3.25. The Hall–Kier alpha value is -2.95. The molecule has 1 saturated carbocycles. The van der Waals surface area contributed by atoms with E-state index in [2.05, 4.69) is 20.1 Å². The Morgan fingerprint density at radius 3 is 2.70 bits per heavy atom. The first-order valence-electron chi connectivity index (χ1n) is 8.28. The molecular formula is C16H16F3N7O. The molecule has 142 valence electrons. The van der Waals surface area contributed by atoms with Gasteiger partial charge in [-0.05, 0) is 25.3 Å². The Morgan fingerprint density at radius 1 is 1.19 bits per heavy atom. The molecule has 3 aromatic heterocycles. The third-order valence-corrected chi connectivity index (χ3v) is 4.54. The lowest BCUT2D eigenvalue weighted by Crippen LogP contribution is -2.16. The van der Waals surface area contributed by atoms with Gasteiger partial charge in [-0.1, -0.05) is 0 Å². The molecule has 3 aromatic rings. The number of halogens is 3. The minimum Gasteiger partial charge on any atom is -0.418 e. The number of fused-ring (bicyclic) bond motifs is 1. The molecule has 27 heavy (non-hydrogen) atoms. The van der Waals surface area contributed by atoms with Crippen LogP contribution in [0.2, 0.25) is 0 Å².